The van der Waals surface area contributed by atoms with Gasteiger partial charge < -0.3 is 38.6 Å². The van der Waals surface area contributed by atoms with Gasteiger partial charge in [-0.2, -0.15) is 0 Å². The molecule has 2 saturated heterocycles. The zero-order chi connectivity index (χ0) is 55.4. The van der Waals surface area contributed by atoms with Gasteiger partial charge in [0.25, 0.3) is 0 Å². The van der Waals surface area contributed by atoms with E-state index in [4.69, 9.17) is 38.0 Å². The van der Waals surface area contributed by atoms with E-state index in [1.807, 2.05) is 115 Å². The molecule has 80 heavy (non-hydrogen) atoms. The Morgan fingerprint density at radius 1 is 0.537 bits per heavy atom. The van der Waals surface area contributed by atoms with Crippen LogP contribution in [0.2, 0.25) is 0 Å². The van der Waals surface area contributed by atoms with Gasteiger partial charge in [0.1, 0.15) is 36.2 Å². The SMILES string of the molecule is CC(C)(C)c1cc(NC(=O)Nc2ccc(-c3cn4c(n3)sc3cc(OCCN5CCOCC5)ccc34)cc2)no1.CC(C)(C)c1cc(NC(=O)Nc2ccc(-c3cn4c(n3)sc3cc(OCCN5CCOCC5)ccc34)cc2)no1. The van der Waals surface area contributed by atoms with E-state index in [2.05, 4.69) is 74.4 Å². The highest BCUT2D eigenvalue weighted by atomic mass is 32.1. The first-order valence-electron chi connectivity index (χ1n) is 26.6. The zero-order valence-corrected chi connectivity index (χ0v) is 47.2. The first-order valence-corrected chi connectivity index (χ1v) is 28.3. The third-order valence-corrected chi connectivity index (χ3v) is 15.6. The maximum absolute atomic E-state index is 12.4. The quantitative estimate of drug-likeness (QED) is 0.0798. The van der Waals surface area contributed by atoms with Gasteiger partial charge in [-0.1, -0.05) is 98.8 Å². The number of rotatable bonds is 14. The number of amides is 4. The molecule has 0 atom stereocenters. The van der Waals surface area contributed by atoms with Crippen LogP contribution in [-0.2, 0) is 20.3 Å². The van der Waals surface area contributed by atoms with E-state index in [1.54, 1.807) is 34.8 Å². The van der Waals surface area contributed by atoms with E-state index >= 15 is 0 Å². The lowest BCUT2D eigenvalue weighted by Crippen LogP contribution is -2.38. The highest BCUT2D eigenvalue weighted by Gasteiger charge is 2.23. The van der Waals surface area contributed by atoms with Gasteiger partial charge in [0.15, 0.2) is 21.6 Å². The Morgan fingerprint density at radius 3 is 1.31 bits per heavy atom. The third-order valence-electron chi connectivity index (χ3n) is 13.6. The van der Waals surface area contributed by atoms with Crippen LogP contribution in [0.4, 0.5) is 32.6 Å². The Hall–Kier alpha value is -7.86. The molecular formula is C58H64N12O8S2. The van der Waals surface area contributed by atoms with Gasteiger partial charge >= 0.3 is 12.1 Å². The summed E-state index contributed by atoms with van der Waals surface area (Å²) >= 11 is 3.27. The molecule has 0 aliphatic carbocycles. The number of nitrogens with zero attached hydrogens (tertiary/aromatic N) is 8. The van der Waals surface area contributed by atoms with Gasteiger partial charge in [0.05, 0.1) is 58.2 Å². The fourth-order valence-corrected chi connectivity index (χ4v) is 11.1. The van der Waals surface area contributed by atoms with Crippen molar-refractivity contribution in [2.45, 2.75) is 52.4 Å². The van der Waals surface area contributed by atoms with E-state index in [0.717, 1.165) is 130 Å². The van der Waals surface area contributed by atoms with E-state index in [1.165, 1.54) is 0 Å². The first kappa shape index (κ1) is 54.1. The second kappa shape index (κ2) is 23.5. The fourth-order valence-electron chi connectivity index (χ4n) is 9.04. The number of benzene rings is 4. The number of urea groups is 2. The highest BCUT2D eigenvalue weighted by Crippen LogP contribution is 2.35. The lowest BCUT2D eigenvalue weighted by molar-refractivity contribution is 0.0322. The molecule has 0 spiro atoms. The number of aromatic nitrogens is 6. The number of ether oxygens (including phenoxy) is 4. The Labute approximate surface area is 469 Å². The molecule has 2 fully saturated rings. The van der Waals surface area contributed by atoms with Crippen LogP contribution < -0.4 is 30.7 Å². The predicted octanol–water partition coefficient (Wildman–Crippen LogP) is 11.7. The van der Waals surface area contributed by atoms with Gasteiger partial charge in [0.2, 0.25) is 0 Å². The monoisotopic (exact) mass is 1120 g/mol. The summed E-state index contributed by atoms with van der Waals surface area (Å²) < 4.78 is 40.0. The number of morpholine rings is 2. The molecule has 4 N–H and O–H groups in total. The normalized spacial score (nSPS) is 14.6. The molecule has 22 heteroatoms. The lowest BCUT2D eigenvalue weighted by Gasteiger charge is -2.26. The molecule has 0 radical (unpaired) electrons. The summed E-state index contributed by atoms with van der Waals surface area (Å²) in [6, 6.07) is 30.2. The number of nitrogens with one attached hydrogen (secondary N) is 4. The molecule has 2 aliphatic rings. The van der Waals surface area contributed by atoms with Gasteiger partial charge in [-0.15, -0.1) is 0 Å². The summed E-state index contributed by atoms with van der Waals surface area (Å²) in [6.45, 7) is 22.3. The second-order valence-electron chi connectivity index (χ2n) is 21.6. The molecule has 12 rings (SSSR count). The van der Waals surface area contributed by atoms with E-state index in [0.29, 0.717) is 47.7 Å². The van der Waals surface area contributed by atoms with Gasteiger partial charge in [-0.25, -0.2) is 19.6 Å². The standard InChI is InChI=1S/2C29H32N6O4S/c2*1-29(2,3)25-17-26(33-39-25)32-27(36)30-20-6-4-19(5-7-20)22-18-35-23-9-8-21(16-24(23)40-28(35)31-22)38-15-12-34-10-13-37-14-11-34/h2*4-9,16-18H,10-15H2,1-3H3,(H2,30,32,33,36). The molecule has 10 aromatic rings. The van der Waals surface area contributed by atoms with Crippen LogP contribution in [0.3, 0.4) is 0 Å². The predicted molar refractivity (Wildman–Crippen MR) is 313 cm³/mol. The minimum absolute atomic E-state index is 0.187. The van der Waals surface area contributed by atoms with Gasteiger partial charge in [0, 0.05) is 97.1 Å². The molecule has 4 aromatic carbocycles. The summed E-state index contributed by atoms with van der Waals surface area (Å²) in [5, 5.41) is 18.9. The number of hydrogen-bond acceptors (Lipinski definition) is 16. The minimum Gasteiger partial charge on any atom is -0.492 e. The van der Waals surface area contributed by atoms with Crippen molar-refractivity contribution in [1.82, 2.24) is 38.9 Å². The van der Waals surface area contributed by atoms with Crippen LogP contribution in [0.5, 0.6) is 11.5 Å². The number of carbonyl (C=O) groups excluding carboxylic acids is 2. The molecule has 20 nitrogen and oxygen atoms in total. The van der Waals surface area contributed by atoms with E-state index in [9.17, 15) is 9.59 Å². The number of thiazole rings is 2. The molecular weight excluding hydrogens is 1060 g/mol. The van der Waals surface area contributed by atoms with Crippen molar-refractivity contribution in [3.63, 3.8) is 0 Å². The third kappa shape index (κ3) is 13.1. The lowest BCUT2D eigenvalue weighted by atomic mass is 9.93. The molecule has 0 unspecified atom stereocenters. The largest absolute Gasteiger partial charge is 0.492 e. The van der Waals surface area contributed by atoms with Crippen molar-refractivity contribution >= 4 is 88.1 Å². The van der Waals surface area contributed by atoms with Crippen molar-refractivity contribution in [1.29, 1.82) is 0 Å². The van der Waals surface area contributed by atoms with Crippen molar-refractivity contribution < 1.29 is 37.6 Å². The van der Waals surface area contributed by atoms with Crippen molar-refractivity contribution in [2.24, 2.45) is 0 Å². The molecule has 416 valence electrons. The van der Waals surface area contributed by atoms with Gasteiger partial charge in [-0.05, 0) is 60.7 Å². The Bertz CT molecular complexity index is 3500. The maximum Gasteiger partial charge on any atom is 0.324 e. The van der Waals surface area contributed by atoms with Crippen LogP contribution in [-0.4, -0.2) is 130 Å². The Morgan fingerprint density at radius 2 is 0.938 bits per heavy atom. The number of imidazole rings is 2. The summed E-state index contributed by atoms with van der Waals surface area (Å²) in [6.07, 6.45) is 4.08. The van der Waals surface area contributed by atoms with Gasteiger partial charge in [-0.3, -0.25) is 29.2 Å². The number of carbonyl (C=O) groups is 2. The fraction of sp³-hybridized carbons (Fsp3) is 0.345. The zero-order valence-electron chi connectivity index (χ0n) is 45.5. The first-order chi connectivity index (χ1) is 38.6. The summed E-state index contributed by atoms with van der Waals surface area (Å²) in [7, 11) is 0. The molecule has 4 amide bonds. The molecule has 6 aromatic heterocycles. The van der Waals surface area contributed by atoms with Crippen LogP contribution in [0, 0.1) is 0 Å². The smallest absolute Gasteiger partial charge is 0.324 e. The van der Waals surface area contributed by atoms with Crippen LogP contribution in [0.15, 0.2) is 119 Å². The topological polar surface area (TPSA) is 212 Å². The molecule has 0 saturated carbocycles. The summed E-state index contributed by atoms with van der Waals surface area (Å²) in [4.78, 5) is 41.1. The van der Waals surface area contributed by atoms with Crippen LogP contribution in [0.25, 0.3) is 52.9 Å². The Balaban J connectivity index is 0.000000169. The van der Waals surface area contributed by atoms with Crippen molar-refractivity contribution in [2.75, 3.05) is 100 Å². The van der Waals surface area contributed by atoms with Crippen molar-refractivity contribution in [3.05, 3.63) is 121 Å². The van der Waals surface area contributed by atoms with Crippen LogP contribution >= 0.6 is 22.7 Å². The summed E-state index contributed by atoms with van der Waals surface area (Å²) in [5.74, 6) is 3.89. The van der Waals surface area contributed by atoms with Crippen molar-refractivity contribution in [3.8, 4) is 34.0 Å². The Kier molecular flexibility index (Phi) is 15.9. The average Bonchev–Trinajstić information content (AvgIpc) is 4.33. The number of anilines is 4. The summed E-state index contributed by atoms with van der Waals surface area (Å²) in [5.41, 5.74) is 6.80. The van der Waals surface area contributed by atoms with E-state index < -0.39 is 0 Å². The molecule has 2 aliphatic heterocycles. The number of fused-ring (bicyclic) bond motifs is 6. The molecule has 8 heterocycles. The van der Waals surface area contributed by atoms with Crippen LogP contribution in [0.1, 0.15) is 53.1 Å². The maximum atomic E-state index is 12.4. The highest BCUT2D eigenvalue weighted by molar-refractivity contribution is 7.24. The van der Waals surface area contributed by atoms with E-state index in [-0.39, 0.29) is 22.9 Å². The molecule has 0 bridgehead atoms. The second-order valence-corrected chi connectivity index (χ2v) is 23.6. The number of hydrogen-bond donors (Lipinski definition) is 4. The minimum atomic E-state index is -0.389. The average molecular weight is 1120 g/mol.